The lowest BCUT2D eigenvalue weighted by Gasteiger charge is -2.13. The molecule has 1 N–H and O–H groups in total. The van der Waals surface area contributed by atoms with Crippen molar-refractivity contribution in [3.05, 3.63) is 99.7 Å². The van der Waals surface area contributed by atoms with Gasteiger partial charge in [0.2, 0.25) is 0 Å². The lowest BCUT2D eigenvalue weighted by Crippen LogP contribution is -2.29. The monoisotopic (exact) mass is 405 g/mol. The van der Waals surface area contributed by atoms with E-state index in [-0.39, 0.29) is 34.9 Å². The SMILES string of the molecule is Cc1oc2ccn(Cc3cccc(F)c3)c(=O)c2c1C(=O)NC(C)c1cccnc1. The van der Waals surface area contributed by atoms with Crippen LogP contribution in [0.25, 0.3) is 11.0 Å². The molecule has 4 rings (SSSR count). The molecule has 3 aromatic heterocycles. The Morgan fingerprint density at radius 3 is 2.83 bits per heavy atom. The van der Waals surface area contributed by atoms with Gasteiger partial charge in [0.05, 0.1) is 23.5 Å². The first-order valence-electron chi connectivity index (χ1n) is 9.52. The van der Waals surface area contributed by atoms with E-state index in [1.165, 1.54) is 16.7 Å². The van der Waals surface area contributed by atoms with E-state index in [0.717, 1.165) is 5.56 Å². The highest BCUT2D eigenvalue weighted by Crippen LogP contribution is 2.24. The molecule has 1 atom stereocenters. The number of halogens is 1. The van der Waals surface area contributed by atoms with E-state index in [2.05, 4.69) is 10.3 Å². The van der Waals surface area contributed by atoms with E-state index in [9.17, 15) is 14.0 Å². The van der Waals surface area contributed by atoms with Gasteiger partial charge in [-0.3, -0.25) is 14.6 Å². The summed E-state index contributed by atoms with van der Waals surface area (Å²) in [6.45, 7) is 3.68. The second kappa shape index (κ2) is 7.94. The topological polar surface area (TPSA) is 77.1 Å². The number of rotatable bonds is 5. The highest BCUT2D eigenvalue weighted by Gasteiger charge is 2.23. The molecular formula is C23H20FN3O3. The predicted molar refractivity (Wildman–Crippen MR) is 111 cm³/mol. The Kier molecular flexibility index (Phi) is 5.18. The minimum atomic E-state index is -0.400. The summed E-state index contributed by atoms with van der Waals surface area (Å²) < 4.78 is 20.6. The fourth-order valence-corrected chi connectivity index (χ4v) is 3.48. The first-order valence-corrected chi connectivity index (χ1v) is 9.52. The number of benzene rings is 1. The van der Waals surface area contributed by atoms with Gasteiger partial charge in [0, 0.05) is 18.6 Å². The minimum absolute atomic E-state index is 0.184. The summed E-state index contributed by atoms with van der Waals surface area (Å²) in [6.07, 6.45) is 4.92. The molecule has 0 saturated heterocycles. The fraction of sp³-hybridized carbons (Fsp3) is 0.174. The molecule has 4 aromatic rings. The molecule has 6 nitrogen and oxygen atoms in total. The Morgan fingerprint density at radius 2 is 2.10 bits per heavy atom. The average Bonchev–Trinajstić information content (AvgIpc) is 3.07. The number of amides is 1. The third-order valence-corrected chi connectivity index (χ3v) is 4.99. The molecular weight excluding hydrogens is 385 g/mol. The highest BCUT2D eigenvalue weighted by molar-refractivity contribution is 6.07. The van der Waals surface area contributed by atoms with Crippen molar-refractivity contribution in [3.63, 3.8) is 0 Å². The zero-order chi connectivity index (χ0) is 21.3. The second-order valence-electron chi connectivity index (χ2n) is 7.13. The molecule has 0 aliphatic rings. The Labute approximate surface area is 172 Å². The van der Waals surface area contributed by atoms with Crippen molar-refractivity contribution in [2.75, 3.05) is 0 Å². The molecule has 30 heavy (non-hydrogen) atoms. The summed E-state index contributed by atoms with van der Waals surface area (Å²) in [5.74, 6) is -0.407. The summed E-state index contributed by atoms with van der Waals surface area (Å²) in [4.78, 5) is 30.2. The number of nitrogens with zero attached hydrogens (tertiary/aromatic N) is 2. The van der Waals surface area contributed by atoms with Gasteiger partial charge >= 0.3 is 0 Å². The molecule has 1 aromatic carbocycles. The summed E-state index contributed by atoms with van der Waals surface area (Å²) in [5.41, 5.74) is 1.67. The summed E-state index contributed by atoms with van der Waals surface area (Å²) in [5, 5.41) is 3.11. The van der Waals surface area contributed by atoms with Crippen molar-refractivity contribution in [1.82, 2.24) is 14.9 Å². The van der Waals surface area contributed by atoms with Gasteiger partial charge in [-0.25, -0.2) is 4.39 Å². The number of carbonyl (C=O) groups is 1. The largest absolute Gasteiger partial charge is 0.460 e. The summed E-state index contributed by atoms with van der Waals surface area (Å²) in [6, 6.07) is 11.1. The van der Waals surface area contributed by atoms with E-state index < -0.39 is 5.91 Å². The first-order chi connectivity index (χ1) is 14.4. The smallest absolute Gasteiger partial charge is 0.262 e. The van der Waals surface area contributed by atoms with Crippen molar-refractivity contribution >= 4 is 16.9 Å². The summed E-state index contributed by atoms with van der Waals surface area (Å²) >= 11 is 0. The lowest BCUT2D eigenvalue weighted by atomic mass is 10.1. The molecule has 1 unspecified atom stereocenters. The number of carbonyl (C=O) groups excluding carboxylic acids is 1. The van der Waals surface area contributed by atoms with Gasteiger partial charge in [-0.2, -0.15) is 0 Å². The van der Waals surface area contributed by atoms with Gasteiger partial charge in [-0.15, -0.1) is 0 Å². The number of aryl methyl sites for hydroxylation is 1. The fourth-order valence-electron chi connectivity index (χ4n) is 3.48. The van der Waals surface area contributed by atoms with Crippen LogP contribution in [-0.4, -0.2) is 15.5 Å². The molecule has 0 aliphatic heterocycles. The Morgan fingerprint density at radius 1 is 1.27 bits per heavy atom. The Balaban J connectivity index is 1.70. The van der Waals surface area contributed by atoms with Gasteiger partial charge in [-0.05, 0) is 49.2 Å². The van der Waals surface area contributed by atoms with Crippen LogP contribution in [-0.2, 0) is 6.54 Å². The zero-order valence-corrected chi connectivity index (χ0v) is 16.6. The van der Waals surface area contributed by atoms with Crippen molar-refractivity contribution in [3.8, 4) is 0 Å². The predicted octanol–water partition coefficient (Wildman–Crippen LogP) is 3.98. The number of furan rings is 1. The van der Waals surface area contributed by atoms with Crippen molar-refractivity contribution < 1.29 is 13.6 Å². The van der Waals surface area contributed by atoms with Gasteiger partial charge < -0.3 is 14.3 Å². The van der Waals surface area contributed by atoms with Crippen LogP contribution in [0.3, 0.4) is 0 Å². The quantitative estimate of drug-likeness (QED) is 0.545. The van der Waals surface area contributed by atoms with Crippen molar-refractivity contribution in [2.45, 2.75) is 26.4 Å². The molecule has 0 aliphatic carbocycles. The van der Waals surface area contributed by atoms with Crippen molar-refractivity contribution in [2.24, 2.45) is 0 Å². The van der Waals surface area contributed by atoms with Crippen molar-refractivity contribution in [1.29, 1.82) is 0 Å². The average molecular weight is 405 g/mol. The van der Waals surface area contributed by atoms with Crippen LogP contribution in [0.5, 0.6) is 0 Å². The van der Waals surface area contributed by atoms with Crippen LogP contribution in [0.4, 0.5) is 4.39 Å². The van der Waals surface area contributed by atoms with Gasteiger partial charge in [-0.1, -0.05) is 18.2 Å². The zero-order valence-electron chi connectivity index (χ0n) is 16.6. The first kappa shape index (κ1) is 19.6. The molecule has 3 heterocycles. The third-order valence-electron chi connectivity index (χ3n) is 4.99. The van der Waals surface area contributed by atoms with Crippen LogP contribution in [0.15, 0.2) is 70.3 Å². The van der Waals surface area contributed by atoms with Crippen LogP contribution >= 0.6 is 0 Å². The Bertz CT molecular complexity index is 1280. The second-order valence-corrected chi connectivity index (χ2v) is 7.13. The number of hydrogen-bond donors (Lipinski definition) is 1. The lowest BCUT2D eigenvalue weighted by molar-refractivity contribution is 0.0939. The molecule has 152 valence electrons. The maximum Gasteiger partial charge on any atom is 0.262 e. The van der Waals surface area contributed by atoms with E-state index in [1.807, 2.05) is 13.0 Å². The maximum atomic E-state index is 13.5. The van der Waals surface area contributed by atoms with Gasteiger partial charge in [0.25, 0.3) is 11.5 Å². The number of aromatic nitrogens is 2. The molecule has 1 amide bonds. The normalized spacial score (nSPS) is 12.1. The maximum absolute atomic E-state index is 13.5. The minimum Gasteiger partial charge on any atom is -0.460 e. The number of nitrogens with one attached hydrogen (secondary N) is 1. The van der Waals surface area contributed by atoms with Crippen LogP contribution in [0.2, 0.25) is 0 Å². The molecule has 7 heteroatoms. The standard InChI is InChI=1S/C23H20FN3O3/c1-14(17-6-4-9-25-12-17)26-22(28)20-15(2)30-19-8-10-27(23(29)21(19)20)13-16-5-3-7-18(24)11-16/h3-12,14H,13H2,1-2H3,(H,26,28). The highest BCUT2D eigenvalue weighted by atomic mass is 19.1. The molecule has 0 radical (unpaired) electrons. The molecule has 0 bridgehead atoms. The third kappa shape index (κ3) is 3.74. The number of hydrogen-bond acceptors (Lipinski definition) is 4. The molecule has 0 saturated carbocycles. The number of pyridine rings is 2. The van der Waals surface area contributed by atoms with E-state index in [4.69, 9.17) is 4.42 Å². The Hall–Kier alpha value is -3.74. The van der Waals surface area contributed by atoms with E-state index >= 15 is 0 Å². The van der Waals surface area contributed by atoms with E-state index in [1.54, 1.807) is 49.8 Å². The number of fused-ring (bicyclic) bond motifs is 1. The molecule has 0 spiro atoms. The van der Waals surface area contributed by atoms with Crippen LogP contribution < -0.4 is 10.9 Å². The van der Waals surface area contributed by atoms with Gasteiger partial charge in [0.15, 0.2) is 0 Å². The van der Waals surface area contributed by atoms with E-state index in [0.29, 0.717) is 16.9 Å². The van der Waals surface area contributed by atoms with Gasteiger partial charge in [0.1, 0.15) is 17.2 Å². The summed E-state index contributed by atoms with van der Waals surface area (Å²) in [7, 11) is 0. The molecule has 0 fully saturated rings. The van der Waals surface area contributed by atoms with Crippen LogP contribution in [0.1, 0.15) is 40.2 Å². The van der Waals surface area contributed by atoms with Crippen LogP contribution in [0, 0.1) is 12.7 Å².